The zero-order chi connectivity index (χ0) is 23.4. The topological polar surface area (TPSA) is 74.3 Å². The van der Waals surface area contributed by atoms with Gasteiger partial charge >= 0.3 is 12.1 Å². The lowest BCUT2D eigenvalue weighted by Gasteiger charge is -2.45. The van der Waals surface area contributed by atoms with Crippen molar-refractivity contribution in [1.29, 1.82) is 0 Å². The molecule has 2 aliphatic rings. The first kappa shape index (κ1) is 22.9. The highest BCUT2D eigenvalue weighted by Crippen LogP contribution is 2.44. The Morgan fingerprint density at radius 3 is 2.24 bits per heavy atom. The van der Waals surface area contributed by atoms with E-state index in [-0.39, 0.29) is 13.2 Å². The van der Waals surface area contributed by atoms with Crippen molar-refractivity contribution in [1.82, 2.24) is 4.90 Å². The summed E-state index contributed by atoms with van der Waals surface area (Å²) < 4.78 is 22.5. The Morgan fingerprint density at radius 1 is 1.03 bits per heavy atom. The number of hydrogen-bond acceptors (Lipinski definition) is 6. The molecule has 0 saturated carbocycles. The van der Waals surface area contributed by atoms with Gasteiger partial charge in [0.25, 0.3) is 0 Å². The van der Waals surface area contributed by atoms with Crippen molar-refractivity contribution in [3.8, 4) is 0 Å². The molecule has 0 radical (unpaired) electrons. The van der Waals surface area contributed by atoms with Gasteiger partial charge in [-0.2, -0.15) is 0 Å². The molecule has 2 heterocycles. The Hall–Kier alpha value is -3.32. The molecule has 0 aliphatic carbocycles. The van der Waals surface area contributed by atoms with Gasteiger partial charge in [0, 0.05) is 6.42 Å². The van der Waals surface area contributed by atoms with Crippen molar-refractivity contribution in [2.24, 2.45) is 0 Å². The third-order valence-electron chi connectivity index (χ3n) is 5.46. The van der Waals surface area contributed by atoms with Gasteiger partial charge in [-0.25, -0.2) is 9.59 Å². The van der Waals surface area contributed by atoms with Crippen molar-refractivity contribution in [2.75, 3.05) is 13.4 Å². The minimum atomic E-state index is -0.908. The molecule has 174 valence electrons. The van der Waals surface area contributed by atoms with E-state index in [4.69, 9.17) is 18.9 Å². The number of esters is 1. The van der Waals surface area contributed by atoms with E-state index < -0.39 is 35.9 Å². The molecule has 1 amide bonds. The van der Waals surface area contributed by atoms with E-state index in [1.165, 1.54) is 4.90 Å². The highest BCUT2D eigenvalue weighted by atomic mass is 16.7. The molecule has 0 spiro atoms. The van der Waals surface area contributed by atoms with Crippen molar-refractivity contribution < 1.29 is 28.5 Å². The third kappa shape index (κ3) is 5.37. The van der Waals surface area contributed by atoms with Crippen LogP contribution in [0.2, 0.25) is 0 Å². The minimum absolute atomic E-state index is 0.106. The van der Waals surface area contributed by atoms with Crippen molar-refractivity contribution in [3.63, 3.8) is 0 Å². The largest absolute Gasteiger partial charge is 0.472 e. The highest BCUT2D eigenvalue weighted by Gasteiger charge is 2.49. The van der Waals surface area contributed by atoms with Crippen LogP contribution in [0.15, 0.2) is 72.5 Å². The summed E-state index contributed by atoms with van der Waals surface area (Å²) in [5.74, 6) is 0.0830. The van der Waals surface area contributed by atoms with Crippen LogP contribution in [0, 0.1) is 0 Å². The normalized spacial score (nSPS) is 23.2. The van der Waals surface area contributed by atoms with E-state index in [2.05, 4.69) is 0 Å². The van der Waals surface area contributed by atoms with E-state index >= 15 is 0 Å². The first-order valence-electron chi connectivity index (χ1n) is 11.0. The molecule has 0 bridgehead atoms. The molecule has 0 unspecified atom stereocenters. The SMILES string of the molecule is CC(C)(C)OC(=O)N1[C@@H](CC2=CCOCO2)C(=O)O[C@H](c2ccccc2)[C@@H]1c1ccccc1. The predicted octanol–water partition coefficient (Wildman–Crippen LogP) is 4.91. The molecule has 4 rings (SSSR count). The van der Waals surface area contributed by atoms with Crippen LogP contribution < -0.4 is 0 Å². The number of nitrogens with zero attached hydrogens (tertiary/aromatic N) is 1. The van der Waals surface area contributed by atoms with Crippen LogP contribution in [0.1, 0.15) is 50.5 Å². The van der Waals surface area contributed by atoms with Crippen LogP contribution in [0.25, 0.3) is 0 Å². The van der Waals surface area contributed by atoms with Crippen molar-refractivity contribution in [2.45, 2.75) is 51.0 Å². The lowest BCUT2D eigenvalue weighted by molar-refractivity contribution is -0.175. The van der Waals surface area contributed by atoms with Gasteiger partial charge in [-0.05, 0) is 38.0 Å². The molecule has 7 nitrogen and oxygen atoms in total. The number of morpholine rings is 1. The second-order valence-electron chi connectivity index (χ2n) is 9.03. The Bertz CT molecular complexity index is 998. The summed E-state index contributed by atoms with van der Waals surface area (Å²) in [6, 6.07) is 17.5. The lowest BCUT2D eigenvalue weighted by Crippen LogP contribution is -2.55. The summed E-state index contributed by atoms with van der Waals surface area (Å²) in [7, 11) is 0. The maximum absolute atomic E-state index is 13.6. The number of ether oxygens (including phenoxy) is 4. The highest BCUT2D eigenvalue weighted by molar-refractivity contribution is 5.84. The first-order valence-corrected chi connectivity index (χ1v) is 11.0. The van der Waals surface area contributed by atoms with Gasteiger partial charge in [-0.15, -0.1) is 0 Å². The van der Waals surface area contributed by atoms with Crippen molar-refractivity contribution in [3.05, 3.63) is 83.6 Å². The van der Waals surface area contributed by atoms with Gasteiger partial charge in [0.2, 0.25) is 0 Å². The number of amides is 1. The summed E-state index contributed by atoms with van der Waals surface area (Å²) in [5.41, 5.74) is 0.908. The van der Waals surface area contributed by atoms with Gasteiger partial charge in [0.05, 0.1) is 6.61 Å². The van der Waals surface area contributed by atoms with Crippen LogP contribution in [0.3, 0.4) is 0 Å². The molecular weight excluding hydrogens is 422 g/mol. The maximum Gasteiger partial charge on any atom is 0.411 e. The van der Waals surface area contributed by atoms with Gasteiger partial charge < -0.3 is 18.9 Å². The number of benzene rings is 2. The second-order valence-corrected chi connectivity index (χ2v) is 9.03. The van der Waals surface area contributed by atoms with Gasteiger partial charge in [0.15, 0.2) is 12.9 Å². The quantitative estimate of drug-likeness (QED) is 0.615. The Labute approximate surface area is 193 Å². The number of carbonyl (C=O) groups is 2. The molecule has 2 aromatic carbocycles. The second kappa shape index (κ2) is 9.67. The van der Waals surface area contributed by atoms with E-state index in [0.717, 1.165) is 11.1 Å². The first-order chi connectivity index (χ1) is 15.8. The summed E-state index contributed by atoms with van der Waals surface area (Å²) in [5, 5.41) is 0. The molecule has 1 saturated heterocycles. The lowest BCUT2D eigenvalue weighted by atomic mass is 9.90. The zero-order valence-corrected chi connectivity index (χ0v) is 19.1. The molecular formula is C26H29NO6. The van der Waals surface area contributed by atoms with Crippen LogP contribution in [-0.2, 0) is 23.7 Å². The smallest absolute Gasteiger partial charge is 0.411 e. The molecule has 33 heavy (non-hydrogen) atoms. The van der Waals surface area contributed by atoms with E-state index in [1.54, 1.807) is 26.8 Å². The number of rotatable bonds is 4. The molecule has 7 heteroatoms. The molecule has 2 aromatic rings. The average molecular weight is 452 g/mol. The van der Waals surface area contributed by atoms with Crippen LogP contribution in [0.5, 0.6) is 0 Å². The van der Waals surface area contributed by atoms with Crippen LogP contribution in [0.4, 0.5) is 4.79 Å². The van der Waals surface area contributed by atoms with E-state index in [9.17, 15) is 9.59 Å². The number of carbonyl (C=O) groups excluding carboxylic acids is 2. The Balaban J connectivity index is 1.80. The monoisotopic (exact) mass is 451 g/mol. The molecule has 0 N–H and O–H groups in total. The fourth-order valence-corrected chi connectivity index (χ4v) is 4.05. The van der Waals surface area contributed by atoms with E-state index in [1.807, 2.05) is 60.7 Å². The van der Waals surface area contributed by atoms with Crippen LogP contribution >= 0.6 is 0 Å². The minimum Gasteiger partial charge on any atom is -0.472 e. The standard InChI is InChI=1S/C26H29NO6/c1-26(2,3)33-25(29)27-21(16-20-14-15-30-17-31-20)24(28)32-23(19-12-8-5-9-13-19)22(27)18-10-6-4-7-11-18/h4-14,21-23H,15-17H2,1-3H3/t21-,22-,23+/m0/s1. The predicted molar refractivity (Wildman–Crippen MR) is 121 cm³/mol. The molecule has 1 fully saturated rings. The molecule has 0 aromatic heterocycles. The zero-order valence-electron chi connectivity index (χ0n) is 19.1. The summed E-state index contributed by atoms with van der Waals surface area (Å²) in [6.07, 6.45) is 0.679. The van der Waals surface area contributed by atoms with Gasteiger partial charge in [-0.3, -0.25) is 4.90 Å². The van der Waals surface area contributed by atoms with Crippen molar-refractivity contribution >= 4 is 12.1 Å². The van der Waals surface area contributed by atoms with Crippen LogP contribution in [-0.4, -0.2) is 42.0 Å². The summed E-state index contributed by atoms with van der Waals surface area (Å²) in [6.45, 7) is 5.91. The third-order valence-corrected chi connectivity index (χ3v) is 5.46. The number of cyclic esters (lactones) is 1. The summed E-state index contributed by atoms with van der Waals surface area (Å²) in [4.78, 5) is 28.4. The van der Waals surface area contributed by atoms with Gasteiger partial charge in [-0.1, -0.05) is 60.7 Å². The fourth-order valence-electron chi connectivity index (χ4n) is 4.05. The fraction of sp³-hybridized carbons (Fsp3) is 0.385. The number of hydrogen-bond donors (Lipinski definition) is 0. The molecule has 3 atom stereocenters. The van der Waals surface area contributed by atoms with Gasteiger partial charge in [0.1, 0.15) is 23.4 Å². The Morgan fingerprint density at radius 2 is 1.67 bits per heavy atom. The Kier molecular flexibility index (Phi) is 6.70. The summed E-state index contributed by atoms with van der Waals surface area (Å²) >= 11 is 0. The average Bonchev–Trinajstić information content (AvgIpc) is 2.80. The molecule has 2 aliphatic heterocycles. The van der Waals surface area contributed by atoms with E-state index in [0.29, 0.717) is 12.4 Å². The maximum atomic E-state index is 13.6.